The van der Waals surface area contributed by atoms with Gasteiger partial charge in [-0.05, 0) is 48.1 Å². The van der Waals surface area contributed by atoms with Gasteiger partial charge in [-0.15, -0.1) is 11.3 Å². The molecule has 1 aliphatic heterocycles. The summed E-state index contributed by atoms with van der Waals surface area (Å²) < 4.78 is 0. The lowest BCUT2D eigenvalue weighted by molar-refractivity contribution is -0.130. The lowest BCUT2D eigenvalue weighted by Gasteiger charge is -2.26. The van der Waals surface area contributed by atoms with E-state index in [2.05, 4.69) is 4.98 Å². The van der Waals surface area contributed by atoms with Crippen molar-refractivity contribution in [3.63, 3.8) is 0 Å². The number of amides is 1. The molecule has 30 heavy (non-hydrogen) atoms. The summed E-state index contributed by atoms with van der Waals surface area (Å²) in [5, 5.41) is 12.6. The predicted octanol–water partition coefficient (Wildman–Crippen LogP) is 4.55. The maximum atomic E-state index is 13.2. The van der Waals surface area contributed by atoms with Crippen LogP contribution in [0.4, 0.5) is 0 Å². The van der Waals surface area contributed by atoms with Gasteiger partial charge in [0.1, 0.15) is 0 Å². The van der Waals surface area contributed by atoms with Crippen molar-refractivity contribution in [1.82, 2.24) is 9.88 Å². The number of thiophene rings is 1. The standard InChI is InChI=1S/C24H22N2O3S/c1-16-12-14-30-23(16)21-20(19(27)11-10-17-7-3-2-4-8-17)22(28)24(29)26(21)15-18-9-5-6-13-25-18/h2-9,12-14,21,28H,10-11,15H2,1H3. The van der Waals surface area contributed by atoms with Crippen LogP contribution in [0.5, 0.6) is 0 Å². The van der Waals surface area contributed by atoms with Gasteiger partial charge < -0.3 is 10.0 Å². The molecule has 0 spiro atoms. The fourth-order valence-corrected chi connectivity index (χ4v) is 4.79. The van der Waals surface area contributed by atoms with E-state index in [-0.39, 0.29) is 24.3 Å². The Bertz CT molecular complexity index is 1090. The van der Waals surface area contributed by atoms with Gasteiger partial charge in [-0.2, -0.15) is 0 Å². The first-order valence-corrected chi connectivity index (χ1v) is 10.7. The highest BCUT2D eigenvalue weighted by Gasteiger charge is 2.44. The summed E-state index contributed by atoms with van der Waals surface area (Å²) in [6.07, 6.45) is 2.45. The van der Waals surface area contributed by atoms with E-state index >= 15 is 0 Å². The molecule has 0 radical (unpaired) electrons. The molecule has 3 aromatic rings. The van der Waals surface area contributed by atoms with Gasteiger partial charge >= 0.3 is 0 Å². The molecule has 3 heterocycles. The van der Waals surface area contributed by atoms with Gasteiger partial charge in [0, 0.05) is 17.5 Å². The number of aryl methyl sites for hydroxylation is 2. The first kappa shape index (κ1) is 20.0. The Balaban J connectivity index is 1.65. The number of nitrogens with zero attached hydrogens (tertiary/aromatic N) is 2. The van der Waals surface area contributed by atoms with Gasteiger partial charge in [0.15, 0.2) is 11.5 Å². The topological polar surface area (TPSA) is 70.5 Å². The van der Waals surface area contributed by atoms with Crippen LogP contribution >= 0.6 is 11.3 Å². The smallest absolute Gasteiger partial charge is 0.290 e. The molecule has 6 heteroatoms. The first-order chi connectivity index (χ1) is 14.6. The van der Waals surface area contributed by atoms with E-state index in [1.54, 1.807) is 11.1 Å². The Morgan fingerprint density at radius 2 is 1.90 bits per heavy atom. The van der Waals surface area contributed by atoms with Crippen LogP contribution in [-0.4, -0.2) is 26.7 Å². The van der Waals surface area contributed by atoms with Gasteiger partial charge in [-0.25, -0.2) is 0 Å². The van der Waals surface area contributed by atoms with Gasteiger partial charge in [-0.1, -0.05) is 36.4 Å². The number of hydrogen-bond acceptors (Lipinski definition) is 5. The molecule has 0 saturated carbocycles. The van der Waals surface area contributed by atoms with Crippen molar-refractivity contribution in [1.29, 1.82) is 0 Å². The number of aliphatic hydroxyl groups is 1. The number of Topliss-reactive ketones (excluding diaryl/α,β-unsaturated/α-hetero) is 1. The largest absolute Gasteiger partial charge is 0.503 e. The zero-order chi connectivity index (χ0) is 21.1. The maximum absolute atomic E-state index is 13.2. The number of aromatic nitrogens is 1. The second kappa shape index (κ2) is 8.63. The number of ketones is 1. The molecule has 5 nitrogen and oxygen atoms in total. The van der Waals surface area contributed by atoms with Crippen LogP contribution in [0, 0.1) is 6.92 Å². The van der Waals surface area contributed by atoms with Crippen molar-refractivity contribution >= 4 is 23.0 Å². The third-order valence-electron chi connectivity index (χ3n) is 5.30. The number of pyridine rings is 1. The Morgan fingerprint density at radius 3 is 2.57 bits per heavy atom. The molecular formula is C24H22N2O3S. The van der Waals surface area contributed by atoms with Crippen molar-refractivity contribution < 1.29 is 14.7 Å². The number of carbonyl (C=O) groups is 2. The molecular weight excluding hydrogens is 396 g/mol. The highest BCUT2D eigenvalue weighted by Crippen LogP contribution is 2.42. The summed E-state index contributed by atoms with van der Waals surface area (Å²) in [5.41, 5.74) is 2.93. The molecule has 1 amide bonds. The molecule has 152 valence electrons. The fourth-order valence-electron chi connectivity index (χ4n) is 3.74. The van der Waals surface area contributed by atoms with Crippen LogP contribution < -0.4 is 0 Å². The highest BCUT2D eigenvalue weighted by atomic mass is 32.1. The van der Waals surface area contributed by atoms with Crippen LogP contribution in [0.25, 0.3) is 0 Å². The predicted molar refractivity (Wildman–Crippen MR) is 116 cm³/mol. The summed E-state index contributed by atoms with van der Waals surface area (Å²) in [7, 11) is 0. The summed E-state index contributed by atoms with van der Waals surface area (Å²) in [6, 6.07) is 16.6. The maximum Gasteiger partial charge on any atom is 0.290 e. The van der Waals surface area contributed by atoms with Crippen molar-refractivity contribution in [2.75, 3.05) is 0 Å². The molecule has 1 unspecified atom stereocenters. The summed E-state index contributed by atoms with van der Waals surface area (Å²) >= 11 is 1.49. The van der Waals surface area contributed by atoms with E-state index < -0.39 is 17.7 Å². The molecule has 1 N–H and O–H groups in total. The average molecular weight is 419 g/mol. The SMILES string of the molecule is Cc1ccsc1C1C(C(=O)CCc2ccccc2)=C(O)C(=O)N1Cc1ccccn1. The van der Waals surface area contributed by atoms with Crippen LogP contribution in [0.2, 0.25) is 0 Å². The molecule has 0 bridgehead atoms. The minimum Gasteiger partial charge on any atom is -0.503 e. The van der Waals surface area contributed by atoms with Gasteiger partial charge in [0.2, 0.25) is 0 Å². The molecule has 2 aromatic heterocycles. The van der Waals surface area contributed by atoms with E-state index in [4.69, 9.17) is 0 Å². The zero-order valence-corrected chi connectivity index (χ0v) is 17.4. The first-order valence-electron chi connectivity index (χ1n) is 9.81. The van der Waals surface area contributed by atoms with Gasteiger partial charge in [-0.3, -0.25) is 14.6 Å². The van der Waals surface area contributed by atoms with Crippen LogP contribution in [0.3, 0.4) is 0 Å². The summed E-state index contributed by atoms with van der Waals surface area (Å²) in [5.74, 6) is -1.17. The third kappa shape index (κ3) is 3.91. The van der Waals surface area contributed by atoms with E-state index in [1.165, 1.54) is 11.3 Å². The number of benzene rings is 1. The molecule has 0 fully saturated rings. The average Bonchev–Trinajstić information content (AvgIpc) is 3.29. The molecule has 1 aliphatic rings. The number of carbonyl (C=O) groups excluding carboxylic acids is 2. The minimum absolute atomic E-state index is 0.192. The Morgan fingerprint density at radius 1 is 1.13 bits per heavy atom. The van der Waals surface area contributed by atoms with E-state index in [1.807, 2.05) is 66.9 Å². The lowest BCUT2D eigenvalue weighted by Crippen LogP contribution is -2.31. The summed E-state index contributed by atoms with van der Waals surface area (Å²) in [4.78, 5) is 32.9. The van der Waals surface area contributed by atoms with E-state index in [9.17, 15) is 14.7 Å². The Kier molecular flexibility index (Phi) is 5.77. The van der Waals surface area contributed by atoms with Crippen molar-refractivity contribution in [2.45, 2.75) is 32.4 Å². The van der Waals surface area contributed by atoms with Crippen LogP contribution in [-0.2, 0) is 22.6 Å². The number of aliphatic hydroxyl groups excluding tert-OH is 1. The minimum atomic E-state index is -0.595. The highest BCUT2D eigenvalue weighted by molar-refractivity contribution is 7.10. The van der Waals surface area contributed by atoms with Crippen molar-refractivity contribution in [3.8, 4) is 0 Å². The Hall–Kier alpha value is -3.25. The molecule has 0 saturated heterocycles. The van der Waals surface area contributed by atoms with Crippen LogP contribution in [0.1, 0.15) is 34.2 Å². The second-order valence-electron chi connectivity index (χ2n) is 7.30. The molecule has 1 aromatic carbocycles. The normalized spacial score (nSPS) is 16.4. The Labute approximate surface area is 179 Å². The van der Waals surface area contributed by atoms with E-state index in [0.717, 1.165) is 16.0 Å². The monoisotopic (exact) mass is 418 g/mol. The second-order valence-corrected chi connectivity index (χ2v) is 8.24. The van der Waals surface area contributed by atoms with Crippen molar-refractivity contribution in [3.05, 3.63) is 99.2 Å². The molecule has 1 atom stereocenters. The van der Waals surface area contributed by atoms with E-state index in [0.29, 0.717) is 12.1 Å². The molecule has 4 rings (SSSR count). The van der Waals surface area contributed by atoms with Gasteiger partial charge in [0.05, 0.1) is 23.9 Å². The third-order valence-corrected chi connectivity index (χ3v) is 6.37. The van der Waals surface area contributed by atoms with Crippen LogP contribution in [0.15, 0.2) is 77.5 Å². The van der Waals surface area contributed by atoms with Gasteiger partial charge in [0.25, 0.3) is 5.91 Å². The van der Waals surface area contributed by atoms with Crippen molar-refractivity contribution in [2.24, 2.45) is 0 Å². The summed E-state index contributed by atoms with van der Waals surface area (Å²) in [6.45, 7) is 2.18. The number of rotatable bonds is 7. The fraction of sp³-hybridized carbons (Fsp3) is 0.208. The quantitative estimate of drug-likeness (QED) is 0.611. The zero-order valence-electron chi connectivity index (χ0n) is 16.6. The number of hydrogen-bond donors (Lipinski definition) is 1. The molecule has 0 aliphatic carbocycles. The lowest BCUT2D eigenvalue weighted by atomic mass is 9.96.